The van der Waals surface area contributed by atoms with E-state index in [0.717, 1.165) is 16.7 Å². The molecule has 2 aromatic carbocycles. The number of hydrogen-bond donors (Lipinski definition) is 1. The normalized spacial score (nSPS) is 19.2. The number of methoxy groups -OCH3 is 1. The van der Waals surface area contributed by atoms with Crippen LogP contribution in [0.25, 0.3) is 0 Å². The van der Waals surface area contributed by atoms with Gasteiger partial charge >= 0.3 is 5.97 Å². The quantitative estimate of drug-likeness (QED) is 0.600. The summed E-state index contributed by atoms with van der Waals surface area (Å²) < 4.78 is 18.3. The predicted octanol–water partition coefficient (Wildman–Crippen LogP) is 2.22. The van der Waals surface area contributed by atoms with Crippen LogP contribution in [0.2, 0.25) is 0 Å². The minimum absolute atomic E-state index is 0.213. The van der Waals surface area contributed by atoms with Gasteiger partial charge in [0.2, 0.25) is 5.91 Å². The van der Waals surface area contributed by atoms with Crippen LogP contribution in [0.4, 0.5) is 4.39 Å². The molecule has 3 rings (SSSR count). The van der Waals surface area contributed by atoms with Crippen molar-refractivity contribution in [3.8, 4) is 0 Å². The zero-order valence-corrected chi connectivity index (χ0v) is 15.4. The lowest BCUT2D eigenvalue weighted by Gasteiger charge is -2.17. The van der Waals surface area contributed by atoms with Gasteiger partial charge in [0.05, 0.1) is 7.11 Å². The van der Waals surface area contributed by atoms with Crippen molar-refractivity contribution in [3.63, 3.8) is 0 Å². The Morgan fingerprint density at radius 3 is 2.70 bits per heavy atom. The van der Waals surface area contributed by atoms with Crippen molar-refractivity contribution < 1.29 is 18.7 Å². The molecule has 0 aromatic heterocycles. The van der Waals surface area contributed by atoms with E-state index in [9.17, 15) is 14.0 Å². The number of rotatable bonds is 7. The monoisotopic (exact) mass is 370 g/mol. The highest BCUT2D eigenvalue weighted by Crippen LogP contribution is 2.23. The zero-order chi connectivity index (χ0) is 19.4. The summed E-state index contributed by atoms with van der Waals surface area (Å²) in [5, 5.41) is 2.79. The highest BCUT2D eigenvalue weighted by molar-refractivity contribution is 5.89. The molecule has 2 aromatic rings. The molecule has 1 heterocycles. The Morgan fingerprint density at radius 1 is 1.26 bits per heavy atom. The standard InChI is InChI=1S/C21H23FN2O3/c1-14-8-9-17(22)11-16(14)12-24-13-19(24)20(25)23-18(21(26)27-2)10-15-6-4-3-5-7-15/h3-9,11,18-19H,10,12-13H2,1-2H3,(H,23,25). The molecule has 1 N–H and O–H groups in total. The molecule has 5 nitrogen and oxygen atoms in total. The van der Waals surface area contributed by atoms with Crippen LogP contribution >= 0.6 is 0 Å². The summed E-state index contributed by atoms with van der Waals surface area (Å²) in [6.07, 6.45) is 0.370. The third-order valence-electron chi connectivity index (χ3n) is 4.79. The van der Waals surface area contributed by atoms with E-state index in [0.29, 0.717) is 19.5 Å². The molecule has 1 fully saturated rings. The number of halogens is 1. The van der Waals surface area contributed by atoms with E-state index < -0.39 is 12.0 Å². The van der Waals surface area contributed by atoms with Crippen molar-refractivity contribution in [3.05, 3.63) is 71.0 Å². The predicted molar refractivity (Wildman–Crippen MR) is 99.4 cm³/mol. The highest BCUT2D eigenvalue weighted by atomic mass is 19.1. The molecular formula is C21H23FN2O3. The van der Waals surface area contributed by atoms with Gasteiger partial charge in [-0.1, -0.05) is 36.4 Å². The van der Waals surface area contributed by atoms with Gasteiger partial charge in [0.25, 0.3) is 0 Å². The van der Waals surface area contributed by atoms with Gasteiger partial charge < -0.3 is 10.1 Å². The van der Waals surface area contributed by atoms with Gasteiger partial charge in [-0.15, -0.1) is 0 Å². The Kier molecular flexibility index (Phi) is 5.86. The van der Waals surface area contributed by atoms with E-state index in [-0.39, 0.29) is 17.8 Å². The second kappa shape index (κ2) is 8.31. The van der Waals surface area contributed by atoms with Gasteiger partial charge in [-0.3, -0.25) is 9.69 Å². The molecule has 142 valence electrons. The molecule has 0 aliphatic carbocycles. The Morgan fingerprint density at radius 2 is 2.00 bits per heavy atom. The third-order valence-corrected chi connectivity index (χ3v) is 4.79. The van der Waals surface area contributed by atoms with Crippen LogP contribution in [0.1, 0.15) is 16.7 Å². The van der Waals surface area contributed by atoms with E-state index in [2.05, 4.69) is 5.32 Å². The van der Waals surface area contributed by atoms with Gasteiger partial charge in [0.1, 0.15) is 17.9 Å². The number of aryl methyl sites for hydroxylation is 1. The largest absolute Gasteiger partial charge is 0.467 e. The van der Waals surface area contributed by atoms with Gasteiger partial charge in [-0.2, -0.15) is 0 Å². The van der Waals surface area contributed by atoms with Gasteiger partial charge in [0, 0.05) is 19.5 Å². The maximum atomic E-state index is 13.4. The summed E-state index contributed by atoms with van der Waals surface area (Å²) in [4.78, 5) is 26.5. The molecular weight excluding hydrogens is 347 g/mol. The lowest BCUT2D eigenvalue weighted by Crippen LogP contribution is -2.45. The number of nitrogens with one attached hydrogen (secondary N) is 1. The van der Waals surface area contributed by atoms with Crippen LogP contribution in [-0.2, 0) is 27.3 Å². The van der Waals surface area contributed by atoms with Crippen LogP contribution in [0, 0.1) is 12.7 Å². The van der Waals surface area contributed by atoms with Crippen LogP contribution < -0.4 is 5.32 Å². The van der Waals surface area contributed by atoms with Gasteiger partial charge in [-0.05, 0) is 35.7 Å². The van der Waals surface area contributed by atoms with Crippen molar-refractivity contribution in [2.24, 2.45) is 0 Å². The molecule has 3 unspecified atom stereocenters. The van der Waals surface area contributed by atoms with E-state index in [1.807, 2.05) is 42.2 Å². The minimum Gasteiger partial charge on any atom is -0.467 e. The number of nitrogens with zero attached hydrogens (tertiary/aromatic N) is 1. The van der Waals surface area contributed by atoms with Crippen molar-refractivity contribution in [2.45, 2.75) is 32.0 Å². The lowest BCUT2D eigenvalue weighted by atomic mass is 10.1. The SMILES string of the molecule is COC(=O)C(Cc1ccccc1)NC(=O)C1CN1Cc1cc(F)ccc1C. The first-order valence-electron chi connectivity index (χ1n) is 8.89. The number of carbonyl (C=O) groups is 2. The van der Waals surface area contributed by atoms with Crippen LogP contribution in [0.5, 0.6) is 0 Å². The summed E-state index contributed by atoms with van der Waals surface area (Å²) in [6, 6.07) is 13.1. The molecule has 3 atom stereocenters. The Labute approximate surface area is 158 Å². The molecule has 0 saturated carbocycles. The second-order valence-corrected chi connectivity index (χ2v) is 6.79. The minimum atomic E-state index is -0.733. The highest BCUT2D eigenvalue weighted by Gasteiger charge is 2.41. The average molecular weight is 370 g/mol. The topological polar surface area (TPSA) is 58.4 Å². The number of carbonyl (C=O) groups excluding carboxylic acids is 2. The fraction of sp³-hybridized carbons (Fsp3) is 0.333. The molecule has 0 bridgehead atoms. The second-order valence-electron chi connectivity index (χ2n) is 6.79. The van der Waals surface area contributed by atoms with Crippen molar-refractivity contribution in [1.29, 1.82) is 0 Å². The third kappa shape index (κ3) is 4.92. The first-order valence-corrected chi connectivity index (χ1v) is 8.89. The lowest BCUT2D eigenvalue weighted by molar-refractivity contribution is -0.145. The summed E-state index contributed by atoms with van der Waals surface area (Å²) in [6.45, 7) is 3.00. The summed E-state index contributed by atoms with van der Waals surface area (Å²) in [7, 11) is 1.31. The maximum absolute atomic E-state index is 13.4. The first-order chi connectivity index (χ1) is 13.0. The number of esters is 1. The van der Waals surface area contributed by atoms with E-state index in [1.54, 1.807) is 6.07 Å². The molecule has 27 heavy (non-hydrogen) atoms. The zero-order valence-electron chi connectivity index (χ0n) is 15.4. The number of amides is 1. The molecule has 1 saturated heterocycles. The van der Waals surface area contributed by atoms with E-state index in [4.69, 9.17) is 4.74 Å². The summed E-state index contributed by atoms with van der Waals surface area (Å²) in [5.74, 6) is -0.970. The van der Waals surface area contributed by atoms with Crippen LogP contribution in [0.15, 0.2) is 48.5 Å². The number of hydrogen-bond acceptors (Lipinski definition) is 4. The van der Waals surface area contributed by atoms with Crippen LogP contribution in [0.3, 0.4) is 0 Å². The van der Waals surface area contributed by atoms with Gasteiger partial charge in [0.15, 0.2) is 0 Å². The molecule has 1 amide bonds. The smallest absolute Gasteiger partial charge is 0.328 e. The summed E-state index contributed by atoms with van der Waals surface area (Å²) >= 11 is 0. The van der Waals surface area contributed by atoms with E-state index >= 15 is 0 Å². The Balaban J connectivity index is 1.60. The van der Waals surface area contributed by atoms with Crippen LogP contribution in [-0.4, -0.2) is 42.5 Å². The molecule has 1 aliphatic rings. The molecule has 1 aliphatic heterocycles. The fourth-order valence-corrected chi connectivity index (χ4v) is 3.08. The Bertz CT molecular complexity index is 825. The molecule has 6 heteroatoms. The van der Waals surface area contributed by atoms with Crippen molar-refractivity contribution in [1.82, 2.24) is 10.2 Å². The molecule has 0 spiro atoms. The average Bonchev–Trinajstić information content (AvgIpc) is 3.43. The molecule has 0 radical (unpaired) electrons. The van der Waals surface area contributed by atoms with E-state index in [1.165, 1.54) is 19.2 Å². The first kappa shape index (κ1) is 19.0. The number of ether oxygens (including phenoxy) is 1. The Hall–Kier alpha value is -2.73. The maximum Gasteiger partial charge on any atom is 0.328 e. The van der Waals surface area contributed by atoms with Gasteiger partial charge in [-0.25, -0.2) is 9.18 Å². The van der Waals surface area contributed by atoms with Crippen molar-refractivity contribution >= 4 is 11.9 Å². The van der Waals surface area contributed by atoms with Crippen molar-refractivity contribution in [2.75, 3.05) is 13.7 Å². The summed E-state index contributed by atoms with van der Waals surface area (Å²) in [5.41, 5.74) is 2.79. The number of benzene rings is 2. The fourth-order valence-electron chi connectivity index (χ4n) is 3.08.